The van der Waals surface area contributed by atoms with E-state index < -0.39 is 0 Å². The molecule has 2 N–H and O–H groups in total. The molecule has 1 fully saturated rings. The van der Waals surface area contributed by atoms with E-state index in [1.54, 1.807) is 7.05 Å². The van der Waals surface area contributed by atoms with Crippen LogP contribution in [0.15, 0.2) is 0 Å². The van der Waals surface area contributed by atoms with Gasteiger partial charge in [0.2, 0.25) is 11.8 Å². The van der Waals surface area contributed by atoms with E-state index in [9.17, 15) is 9.59 Å². The van der Waals surface area contributed by atoms with Crippen molar-refractivity contribution in [2.24, 2.45) is 5.92 Å². The minimum Gasteiger partial charge on any atom is -0.379 e. The number of carbonyl (C=O) groups is 2. The molecule has 0 aromatic rings. The van der Waals surface area contributed by atoms with E-state index in [1.165, 1.54) is 4.90 Å². The summed E-state index contributed by atoms with van der Waals surface area (Å²) in [6.07, 6.45) is 0.891. The fourth-order valence-electron chi connectivity index (χ4n) is 1.98. The summed E-state index contributed by atoms with van der Waals surface area (Å²) in [6.45, 7) is 3.70. The van der Waals surface area contributed by atoms with Gasteiger partial charge in [0.1, 0.15) is 0 Å². The van der Waals surface area contributed by atoms with Gasteiger partial charge in [0.25, 0.3) is 0 Å². The Balaban J connectivity index is 2.43. The first-order valence-corrected chi connectivity index (χ1v) is 6.36. The summed E-state index contributed by atoms with van der Waals surface area (Å²) >= 11 is 0. The molecule has 1 aliphatic heterocycles. The molecule has 0 radical (unpaired) electrons. The predicted molar refractivity (Wildman–Crippen MR) is 68.1 cm³/mol. The van der Waals surface area contributed by atoms with Crippen LogP contribution in [0.1, 0.15) is 13.3 Å². The van der Waals surface area contributed by atoms with Gasteiger partial charge in [-0.25, -0.2) is 0 Å². The van der Waals surface area contributed by atoms with Crippen molar-refractivity contribution < 1.29 is 14.3 Å². The fourth-order valence-corrected chi connectivity index (χ4v) is 1.98. The molecule has 0 aromatic carbocycles. The maximum Gasteiger partial charge on any atom is 0.239 e. The lowest BCUT2D eigenvalue weighted by Gasteiger charge is -2.23. The van der Waals surface area contributed by atoms with Crippen LogP contribution in [-0.4, -0.2) is 63.2 Å². The topological polar surface area (TPSA) is 70.7 Å². The van der Waals surface area contributed by atoms with Gasteiger partial charge >= 0.3 is 0 Å². The SMILES string of the molecule is CCCNC(=O)CN(C)C(=O)C1COCC1NC. The van der Waals surface area contributed by atoms with Gasteiger partial charge in [-0.2, -0.15) is 0 Å². The Kier molecular flexibility index (Phi) is 6.07. The van der Waals surface area contributed by atoms with Gasteiger partial charge in [-0.3, -0.25) is 9.59 Å². The van der Waals surface area contributed by atoms with Gasteiger partial charge in [0.15, 0.2) is 0 Å². The zero-order valence-corrected chi connectivity index (χ0v) is 11.4. The second kappa shape index (κ2) is 7.33. The molecule has 2 atom stereocenters. The number of likely N-dealkylation sites (N-methyl/N-ethyl adjacent to an activating group) is 2. The second-order valence-corrected chi connectivity index (χ2v) is 4.58. The summed E-state index contributed by atoms with van der Waals surface area (Å²) in [5, 5.41) is 5.82. The number of rotatable bonds is 6. The number of hydrogen-bond donors (Lipinski definition) is 2. The van der Waals surface area contributed by atoms with Crippen LogP contribution in [0.3, 0.4) is 0 Å². The Morgan fingerprint density at radius 2 is 2.11 bits per heavy atom. The molecule has 1 rings (SSSR count). The number of ether oxygens (including phenoxy) is 1. The van der Waals surface area contributed by atoms with E-state index in [1.807, 2.05) is 14.0 Å². The second-order valence-electron chi connectivity index (χ2n) is 4.58. The highest BCUT2D eigenvalue weighted by molar-refractivity contribution is 5.86. The monoisotopic (exact) mass is 257 g/mol. The van der Waals surface area contributed by atoms with Gasteiger partial charge in [-0.1, -0.05) is 6.92 Å². The number of nitrogens with zero attached hydrogens (tertiary/aromatic N) is 1. The molecule has 6 heteroatoms. The van der Waals surface area contributed by atoms with Crippen LogP contribution in [0.5, 0.6) is 0 Å². The quantitative estimate of drug-likeness (QED) is 0.654. The summed E-state index contributed by atoms with van der Waals surface area (Å²) in [6, 6.07) is 0.0404. The van der Waals surface area contributed by atoms with Crippen molar-refractivity contribution in [3.63, 3.8) is 0 Å². The van der Waals surface area contributed by atoms with Gasteiger partial charge in [0, 0.05) is 19.6 Å². The summed E-state index contributed by atoms with van der Waals surface area (Å²) in [4.78, 5) is 25.1. The van der Waals surface area contributed by atoms with Gasteiger partial charge in [-0.15, -0.1) is 0 Å². The molecule has 18 heavy (non-hydrogen) atoms. The van der Waals surface area contributed by atoms with Gasteiger partial charge in [0.05, 0.1) is 25.7 Å². The minimum atomic E-state index is -0.195. The number of nitrogens with one attached hydrogen (secondary N) is 2. The molecule has 0 aromatic heterocycles. The molecule has 104 valence electrons. The highest BCUT2D eigenvalue weighted by Crippen LogP contribution is 2.15. The van der Waals surface area contributed by atoms with E-state index in [2.05, 4.69) is 10.6 Å². The molecule has 0 spiro atoms. The number of amides is 2. The molecule has 2 unspecified atom stereocenters. The van der Waals surface area contributed by atoms with Crippen LogP contribution in [-0.2, 0) is 14.3 Å². The molecule has 1 heterocycles. The first kappa shape index (κ1) is 14.9. The largest absolute Gasteiger partial charge is 0.379 e. The first-order chi connectivity index (χ1) is 8.60. The maximum absolute atomic E-state index is 12.1. The Hall–Kier alpha value is -1.14. The lowest BCUT2D eigenvalue weighted by atomic mass is 10.0. The van der Waals surface area contributed by atoms with Crippen LogP contribution >= 0.6 is 0 Å². The average Bonchev–Trinajstić information content (AvgIpc) is 2.83. The summed E-state index contributed by atoms with van der Waals surface area (Å²) in [5.74, 6) is -0.356. The first-order valence-electron chi connectivity index (χ1n) is 6.36. The Morgan fingerprint density at radius 3 is 2.72 bits per heavy atom. The molecule has 2 amide bonds. The zero-order chi connectivity index (χ0) is 13.5. The van der Waals surface area contributed by atoms with E-state index in [0.717, 1.165) is 6.42 Å². The Morgan fingerprint density at radius 1 is 1.39 bits per heavy atom. The lowest BCUT2D eigenvalue weighted by Crippen LogP contribution is -2.46. The van der Waals surface area contributed by atoms with Crippen LogP contribution < -0.4 is 10.6 Å². The number of carbonyl (C=O) groups excluding carboxylic acids is 2. The molecule has 1 saturated heterocycles. The molecule has 0 bridgehead atoms. The molecule has 0 aliphatic carbocycles. The van der Waals surface area contributed by atoms with Crippen molar-refractivity contribution in [1.82, 2.24) is 15.5 Å². The highest BCUT2D eigenvalue weighted by Gasteiger charge is 2.35. The molecule has 0 saturated carbocycles. The summed E-state index contributed by atoms with van der Waals surface area (Å²) in [7, 11) is 3.46. The lowest BCUT2D eigenvalue weighted by molar-refractivity contribution is -0.138. The van der Waals surface area contributed by atoms with E-state index >= 15 is 0 Å². The average molecular weight is 257 g/mol. The third-order valence-electron chi connectivity index (χ3n) is 3.10. The van der Waals surface area contributed by atoms with E-state index in [4.69, 9.17) is 4.74 Å². The van der Waals surface area contributed by atoms with Crippen molar-refractivity contribution in [3.8, 4) is 0 Å². The van der Waals surface area contributed by atoms with E-state index in [0.29, 0.717) is 19.8 Å². The standard InChI is InChI=1S/C12H23N3O3/c1-4-5-14-11(16)6-15(3)12(17)9-7-18-8-10(9)13-2/h9-10,13H,4-8H2,1-3H3,(H,14,16). The van der Waals surface area contributed by atoms with Crippen molar-refractivity contribution in [2.75, 3.05) is 40.4 Å². The third kappa shape index (κ3) is 3.96. The Labute approximate surface area is 108 Å². The fraction of sp³-hybridized carbons (Fsp3) is 0.833. The minimum absolute atomic E-state index is 0.0404. The normalized spacial score (nSPS) is 22.8. The van der Waals surface area contributed by atoms with Crippen molar-refractivity contribution >= 4 is 11.8 Å². The molecular weight excluding hydrogens is 234 g/mol. The van der Waals surface area contributed by atoms with Crippen molar-refractivity contribution in [1.29, 1.82) is 0 Å². The van der Waals surface area contributed by atoms with Crippen molar-refractivity contribution in [3.05, 3.63) is 0 Å². The summed E-state index contributed by atoms with van der Waals surface area (Å²) < 4.78 is 5.29. The van der Waals surface area contributed by atoms with Crippen LogP contribution in [0.4, 0.5) is 0 Å². The Bertz CT molecular complexity index is 296. The maximum atomic E-state index is 12.1. The van der Waals surface area contributed by atoms with Crippen LogP contribution in [0.2, 0.25) is 0 Å². The van der Waals surface area contributed by atoms with Crippen molar-refractivity contribution in [2.45, 2.75) is 19.4 Å². The van der Waals surface area contributed by atoms with Gasteiger partial charge in [-0.05, 0) is 13.5 Å². The summed E-state index contributed by atoms with van der Waals surface area (Å²) in [5.41, 5.74) is 0. The van der Waals surface area contributed by atoms with E-state index in [-0.39, 0.29) is 30.3 Å². The zero-order valence-electron chi connectivity index (χ0n) is 11.4. The van der Waals surface area contributed by atoms with Gasteiger partial charge < -0.3 is 20.3 Å². The predicted octanol–water partition coefficient (Wildman–Crippen LogP) is -0.795. The van der Waals surface area contributed by atoms with Crippen LogP contribution in [0.25, 0.3) is 0 Å². The molecule has 6 nitrogen and oxygen atoms in total. The molecule has 1 aliphatic rings. The third-order valence-corrected chi connectivity index (χ3v) is 3.10. The smallest absolute Gasteiger partial charge is 0.239 e. The molecular formula is C12H23N3O3. The highest BCUT2D eigenvalue weighted by atomic mass is 16.5. The number of hydrogen-bond acceptors (Lipinski definition) is 4. The van der Waals surface area contributed by atoms with Crippen LogP contribution in [0, 0.1) is 5.92 Å².